The lowest BCUT2D eigenvalue weighted by molar-refractivity contribution is -0.384. The molecule has 2 aromatic rings. The van der Waals surface area contributed by atoms with E-state index in [1.165, 1.54) is 6.07 Å². The van der Waals surface area contributed by atoms with E-state index in [4.69, 9.17) is 4.74 Å². The van der Waals surface area contributed by atoms with Gasteiger partial charge in [0.05, 0.1) is 29.9 Å². The average Bonchev–Trinajstić information content (AvgIpc) is 2.73. The van der Waals surface area contributed by atoms with E-state index >= 15 is 0 Å². The number of ether oxygens (including phenoxy) is 1. The number of hydrazine groups is 1. The van der Waals surface area contributed by atoms with Crippen LogP contribution < -0.4 is 10.3 Å². The molecule has 1 aliphatic heterocycles. The summed E-state index contributed by atoms with van der Waals surface area (Å²) in [6.07, 6.45) is 0.0986. The molecule has 1 aromatic heterocycles. The first-order chi connectivity index (χ1) is 13.6. The number of morpholine rings is 1. The highest BCUT2D eigenvalue weighted by Crippen LogP contribution is 2.34. The number of aliphatic hydroxyl groups excluding tert-OH is 1. The number of nitrogens with zero attached hydrogens (tertiary/aromatic N) is 4. The van der Waals surface area contributed by atoms with Gasteiger partial charge in [0.1, 0.15) is 5.82 Å². The van der Waals surface area contributed by atoms with Crippen molar-refractivity contribution in [2.45, 2.75) is 19.4 Å². The zero-order valence-corrected chi connectivity index (χ0v) is 15.8. The zero-order chi connectivity index (χ0) is 19.9. The molecule has 2 heterocycles. The van der Waals surface area contributed by atoms with E-state index in [-0.39, 0.29) is 11.5 Å². The molecule has 0 aliphatic carbocycles. The number of rotatable bonds is 8. The first kappa shape index (κ1) is 20.0. The van der Waals surface area contributed by atoms with Crippen molar-refractivity contribution in [3.63, 3.8) is 0 Å². The Labute approximate surface area is 163 Å². The molecule has 150 valence electrons. The molecule has 28 heavy (non-hydrogen) atoms. The molecule has 0 radical (unpaired) electrons. The minimum absolute atomic E-state index is 0.0862. The lowest BCUT2D eigenvalue weighted by Crippen LogP contribution is -2.47. The molecule has 0 bridgehead atoms. The molecule has 0 saturated carbocycles. The number of benzene rings is 1. The Kier molecular flexibility index (Phi) is 6.75. The van der Waals surface area contributed by atoms with Gasteiger partial charge >= 0.3 is 5.69 Å². The lowest BCUT2D eigenvalue weighted by Gasteiger charge is -2.37. The number of pyridine rings is 1. The molecule has 9 heteroatoms. The second kappa shape index (κ2) is 9.45. The first-order valence-corrected chi connectivity index (χ1v) is 9.35. The highest BCUT2D eigenvalue weighted by Gasteiger charge is 2.29. The van der Waals surface area contributed by atoms with Gasteiger partial charge in [0.2, 0.25) is 5.82 Å². The third-order valence-corrected chi connectivity index (χ3v) is 4.51. The molecule has 1 unspecified atom stereocenters. The molecule has 0 spiro atoms. The predicted octanol–water partition coefficient (Wildman–Crippen LogP) is 2.56. The van der Waals surface area contributed by atoms with Crippen LogP contribution in [0.1, 0.15) is 13.3 Å². The Balaban J connectivity index is 2.02. The van der Waals surface area contributed by atoms with Crippen LogP contribution in [-0.4, -0.2) is 59.0 Å². The molecule has 1 saturated heterocycles. The summed E-state index contributed by atoms with van der Waals surface area (Å²) in [5.74, 6) is 0.705. The van der Waals surface area contributed by atoms with Crippen LogP contribution in [-0.2, 0) is 4.74 Å². The van der Waals surface area contributed by atoms with E-state index in [9.17, 15) is 15.2 Å². The zero-order valence-electron chi connectivity index (χ0n) is 15.8. The third kappa shape index (κ3) is 4.75. The molecule has 2 N–H and O–H groups in total. The van der Waals surface area contributed by atoms with E-state index in [0.717, 1.165) is 5.69 Å². The van der Waals surface area contributed by atoms with Crippen LogP contribution in [0.5, 0.6) is 0 Å². The van der Waals surface area contributed by atoms with Gasteiger partial charge in [-0.15, -0.1) is 0 Å². The summed E-state index contributed by atoms with van der Waals surface area (Å²) in [6.45, 7) is 4.48. The fourth-order valence-corrected chi connectivity index (χ4v) is 2.95. The van der Waals surface area contributed by atoms with Gasteiger partial charge in [-0.05, 0) is 24.6 Å². The van der Waals surface area contributed by atoms with Crippen LogP contribution in [0.4, 0.5) is 23.0 Å². The van der Waals surface area contributed by atoms with E-state index in [1.807, 2.05) is 42.3 Å². The number of aliphatic hydroxyl groups is 1. The molecule has 0 amide bonds. The lowest BCUT2D eigenvalue weighted by atomic mass is 10.2. The van der Waals surface area contributed by atoms with Gasteiger partial charge in [0.25, 0.3) is 0 Å². The highest BCUT2D eigenvalue weighted by atomic mass is 16.6. The van der Waals surface area contributed by atoms with Gasteiger partial charge in [0.15, 0.2) is 0 Å². The van der Waals surface area contributed by atoms with E-state index in [2.05, 4.69) is 10.3 Å². The van der Waals surface area contributed by atoms with Crippen molar-refractivity contribution in [1.29, 1.82) is 0 Å². The minimum atomic E-state index is -0.509. The number of hydrogen-bond donors (Lipinski definition) is 2. The van der Waals surface area contributed by atoms with Crippen molar-refractivity contribution in [3.8, 4) is 0 Å². The first-order valence-electron chi connectivity index (χ1n) is 9.35. The summed E-state index contributed by atoms with van der Waals surface area (Å²) in [4.78, 5) is 15.8. The van der Waals surface area contributed by atoms with Crippen molar-refractivity contribution >= 4 is 23.0 Å². The van der Waals surface area contributed by atoms with Gasteiger partial charge < -0.3 is 15.2 Å². The Morgan fingerprint density at radius 1 is 1.29 bits per heavy atom. The molecule has 1 atom stereocenters. The summed E-state index contributed by atoms with van der Waals surface area (Å²) >= 11 is 0. The second-order valence-corrected chi connectivity index (χ2v) is 6.45. The normalized spacial score (nSPS) is 15.8. The van der Waals surface area contributed by atoms with Crippen molar-refractivity contribution in [2.24, 2.45) is 0 Å². The Morgan fingerprint density at radius 2 is 2.00 bits per heavy atom. The summed E-state index contributed by atoms with van der Waals surface area (Å²) < 4.78 is 5.44. The number of aromatic nitrogens is 1. The molecular weight excluding hydrogens is 362 g/mol. The van der Waals surface area contributed by atoms with Crippen LogP contribution in [0.15, 0.2) is 42.5 Å². The fourth-order valence-electron chi connectivity index (χ4n) is 2.95. The summed E-state index contributed by atoms with van der Waals surface area (Å²) in [5, 5.41) is 28.3. The smallest absolute Gasteiger partial charge is 0.313 e. The quantitative estimate of drug-likeness (QED) is 0.526. The van der Waals surface area contributed by atoms with Crippen molar-refractivity contribution in [1.82, 2.24) is 9.99 Å². The number of hydrogen-bond acceptors (Lipinski definition) is 8. The van der Waals surface area contributed by atoms with Crippen LogP contribution in [0.3, 0.4) is 0 Å². The molecule has 9 nitrogen and oxygen atoms in total. The Hall–Kier alpha value is -2.75. The van der Waals surface area contributed by atoms with Gasteiger partial charge in [-0.25, -0.2) is 9.99 Å². The molecule has 1 fully saturated rings. The molecule has 3 rings (SSSR count). The van der Waals surface area contributed by atoms with Crippen molar-refractivity contribution in [2.75, 3.05) is 43.2 Å². The molecule has 1 aliphatic rings. The molecule has 1 aromatic carbocycles. The SMILES string of the molecule is CCC(O)CNc1ccc([N+](=O)[O-])c(N(c2ccccc2)N2CCOCC2)n1. The van der Waals surface area contributed by atoms with Crippen LogP contribution in [0, 0.1) is 10.1 Å². The Morgan fingerprint density at radius 3 is 2.64 bits per heavy atom. The topological polar surface area (TPSA) is 104 Å². The summed E-state index contributed by atoms with van der Waals surface area (Å²) in [5.41, 5.74) is 0.697. The highest BCUT2D eigenvalue weighted by molar-refractivity contribution is 5.69. The number of nitrogens with one attached hydrogen (secondary N) is 1. The maximum absolute atomic E-state index is 11.7. The monoisotopic (exact) mass is 387 g/mol. The van der Waals surface area contributed by atoms with Crippen LogP contribution in [0.25, 0.3) is 0 Å². The van der Waals surface area contributed by atoms with Gasteiger partial charge in [-0.1, -0.05) is 25.1 Å². The third-order valence-electron chi connectivity index (χ3n) is 4.51. The van der Waals surface area contributed by atoms with Crippen LogP contribution in [0.2, 0.25) is 0 Å². The van der Waals surface area contributed by atoms with Crippen molar-refractivity contribution in [3.05, 3.63) is 52.6 Å². The largest absolute Gasteiger partial charge is 0.391 e. The fraction of sp³-hybridized carbons (Fsp3) is 0.421. The van der Waals surface area contributed by atoms with Gasteiger partial charge in [-0.3, -0.25) is 15.1 Å². The number of nitro groups is 1. The standard InChI is InChI=1S/C19H25N5O4/c1-2-16(25)14-20-18-9-8-17(24(26)27)19(21-18)23(15-6-4-3-5-7-15)22-10-12-28-13-11-22/h3-9,16,25H,2,10-14H2,1H3,(H,20,21). The van der Waals surface area contributed by atoms with Crippen LogP contribution >= 0.6 is 0 Å². The maximum Gasteiger partial charge on any atom is 0.313 e. The van der Waals surface area contributed by atoms with Gasteiger partial charge in [0, 0.05) is 25.7 Å². The van der Waals surface area contributed by atoms with E-state index < -0.39 is 11.0 Å². The number of anilines is 3. The molecular formula is C19H25N5O4. The maximum atomic E-state index is 11.7. The van der Waals surface area contributed by atoms with Crippen molar-refractivity contribution < 1.29 is 14.8 Å². The second-order valence-electron chi connectivity index (χ2n) is 6.45. The summed E-state index contributed by atoms with van der Waals surface area (Å²) in [6, 6.07) is 12.4. The minimum Gasteiger partial charge on any atom is -0.391 e. The predicted molar refractivity (Wildman–Crippen MR) is 107 cm³/mol. The average molecular weight is 387 g/mol. The van der Waals surface area contributed by atoms with E-state index in [0.29, 0.717) is 45.1 Å². The summed E-state index contributed by atoms with van der Waals surface area (Å²) in [7, 11) is 0. The van der Waals surface area contributed by atoms with Gasteiger partial charge in [-0.2, -0.15) is 0 Å². The Bertz CT molecular complexity index is 783. The number of para-hydroxylation sites is 1. The van der Waals surface area contributed by atoms with E-state index in [1.54, 1.807) is 11.1 Å².